The number of halogens is 1. The lowest BCUT2D eigenvalue weighted by atomic mass is 10.0. The summed E-state index contributed by atoms with van der Waals surface area (Å²) in [7, 11) is 0. The van der Waals surface area contributed by atoms with Crippen molar-refractivity contribution in [1.82, 2.24) is 10.3 Å². The van der Waals surface area contributed by atoms with E-state index in [-0.39, 0.29) is 5.82 Å². The average Bonchev–Trinajstić information content (AvgIpc) is 2.38. The SMILES string of the molecule is Cc1cnccc1-c1ccc(CNC(C)C)cc1F. The molecule has 1 aromatic carbocycles. The highest BCUT2D eigenvalue weighted by molar-refractivity contribution is 5.67. The molecule has 0 bridgehead atoms. The molecule has 0 aliphatic carbocycles. The van der Waals surface area contributed by atoms with Crippen molar-refractivity contribution in [2.75, 3.05) is 0 Å². The molecule has 0 fully saturated rings. The molecule has 3 heteroatoms. The van der Waals surface area contributed by atoms with Gasteiger partial charge in [-0.15, -0.1) is 0 Å². The van der Waals surface area contributed by atoms with Gasteiger partial charge in [-0.25, -0.2) is 4.39 Å². The molecule has 2 aromatic rings. The molecule has 0 radical (unpaired) electrons. The summed E-state index contributed by atoms with van der Waals surface area (Å²) in [4.78, 5) is 4.03. The van der Waals surface area contributed by atoms with E-state index in [0.29, 0.717) is 18.2 Å². The first kappa shape index (κ1) is 13.7. The molecule has 100 valence electrons. The number of hydrogen-bond donors (Lipinski definition) is 1. The highest BCUT2D eigenvalue weighted by Crippen LogP contribution is 2.25. The van der Waals surface area contributed by atoms with Gasteiger partial charge in [-0.3, -0.25) is 4.98 Å². The van der Waals surface area contributed by atoms with Gasteiger partial charge in [0.15, 0.2) is 0 Å². The Kier molecular flexibility index (Phi) is 4.27. The molecule has 0 aliphatic rings. The van der Waals surface area contributed by atoms with Gasteiger partial charge in [0.05, 0.1) is 0 Å². The third-order valence-electron chi connectivity index (χ3n) is 3.06. The number of pyridine rings is 1. The zero-order chi connectivity index (χ0) is 13.8. The second kappa shape index (κ2) is 5.93. The van der Waals surface area contributed by atoms with E-state index in [0.717, 1.165) is 16.7 Å². The fourth-order valence-electron chi connectivity index (χ4n) is 1.98. The van der Waals surface area contributed by atoms with E-state index in [9.17, 15) is 4.39 Å². The number of benzene rings is 1. The van der Waals surface area contributed by atoms with Crippen LogP contribution in [0.1, 0.15) is 25.0 Å². The predicted octanol–water partition coefficient (Wildman–Crippen LogP) is 3.69. The van der Waals surface area contributed by atoms with Crippen LogP contribution >= 0.6 is 0 Å². The number of rotatable bonds is 4. The highest BCUT2D eigenvalue weighted by Gasteiger charge is 2.08. The summed E-state index contributed by atoms with van der Waals surface area (Å²) >= 11 is 0. The van der Waals surface area contributed by atoms with Gasteiger partial charge in [-0.2, -0.15) is 0 Å². The molecule has 1 N–H and O–H groups in total. The minimum Gasteiger partial charge on any atom is -0.310 e. The maximum atomic E-state index is 14.2. The molecule has 0 saturated heterocycles. The van der Waals surface area contributed by atoms with E-state index in [1.54, 1.807) is 18.5 Å². The van der Waals surface area contributed by atoms with Crippen LogP contribution in [0.2, 0.25) is 0 Å². The summed E-state index contributed by atoms with van der Waals surface area (Å²) in [5, 5.41) is 3.28. The zero-order valence-electron chi connectivity index (χ0n) is 11.6. The highest BCUT2D eigenvalue weighted by atomic mass is 19.1. The van der Waals surface area contributed by atoms with Gasteiger partial charge in [0.1, 0.15) is 5.82 Å². The Morgan fingerprint density at radius 2 is 2.00 bits per heavy atom. The van der Waals surface area contributed by atoms with Crippen LogP contribution in [-0.2, 0) is 6.54 Å². The van der Waals surface area contributed by atoms with Crippen molar-refractivity contribution in [3.05, 3.63) is 53.6 Å². The van der Waals surface area contributed by atoms with E-state index in [2.05, 4.69) is 24.1 Å². The van der Waals surface area contributed by atoms with E-state index in [4.69, 9.17) is 0 Å². The van der Waals surface area contributed by atoms with Crippen molar-refractivity contribution >= 4 is 0 Å². The van der Waals surface area contributed by atoms with E-state index >= 15 is 0 Å². The maximum absolute atomic E-state index is 14.2. The van der Waals surface area contributed by atoms with Gasteiger partial charge in [0.25, 0.3) is 0 Å². The Morgan fingerprint density at radius 1 is 1.21 bits per heavy atom. The first-order valence-corrected chi connectivity index (χ1v) is 6.50. The molecular formula is C16H19FN2. The van der Waals surface area contributed by atoms with Crippen LogP contribution < -0.4 is 5.32 Å². The minimum atomic E-state index is -0.183. The van der Waals surface area contributed by atoms with Crippen LogP contribution in [0.25, 0.3) is 11.1 Å². The Balaban J connectivity index is 2.27. The lowest BCUT2D eigenvalue weighted by Crippen LogP contribution is -2.21. The molecule has 2 nitrogen and oxygen atoms in total. The molecule has 19 heavy (non-hydrogen) atoms. The van der Waals surface area contributed by atoms with Crippen molar-refractivity contribution in [3.8, 4) is 11.1 Å². The first-order chi connectivity index (χ1) is 9.08. The molecule has 0 aliphatic heterocycles. The van der Waals surface area contributed by atoms with E-state index in [1.807, 2.05) is 25.1 Å². The standard InChI is InChI=1S/C16H19FN2/c1-11(2)19-10-13-4-5-15(16(17)8-13)14-6-7-18-9-12(14)3/h4-9,11,19H,10H2,1-3H3. The summed E-state index contributed by atoms with van der Waals surface area (Å²) in [5.74, 6) is -0.183. The summed E-state index contributed by atoms with van der Waals surface area (Å²) in [6.45, 7) is 6.77. The van der Waals surface area contributed by atoms with Gasteiger partial charge < -0.3 is 5.32 Å². The topological polar surface area (TPSA) is 24.9 Å². The smallest absolute Gasteiger partial charge is 0.131 e. The summed E-state index contributed by atoms with van der Waals surface area (Å²) in [5.41, 5.74) is 3.47. The van der Waals surface area contributed by atoms with E-state index in [1.165, 1.54) is 0 Å². The average molecular weight is 258 g/mol. The lowest BCUT2D eigenvalue weighted by Gasteiger charge is -2.11. The normalized spacial score (nSPS) is 11.0. The second-order valence-corrected chi connectivity index (χ2v) is 5.04. The van der Waals surface area contributed by atoms with E-state index < -0.39 is 0 Å². The number of nitrogens with one attached hydrogen (secondary N) is 1. The number of nitrogens with zero attached hydrogens (tertiary/aromatic N) is 1. The lowest BCUT2D eigenvalue weighted by molar-refractivity contribution is 0.582. The molecular weight excluding hydrogens is 239 g/mol. The third-order valence-corrected chi connectivity index (χ3v) is 3.06. The van der Waals surface area contributed by atoms with Crippen LogP contribution in [0.15, 0.2) is 36.7 Å². The van der Waals surface area contributed by atoms with Crippen molar-refractivity contribution in [2.45, 2.75) is 33.4 Å². The quantitative estimate of drug-likeness (QED) is 0.904. The Morgan fingerprint density at radius 3 is 2.63 bits per heavy atom. The van der Waals surface area contributed by atoms with Gasteiger partial charge in [-0.1, -0.05) is 26.0 Å². The fraction of sp³-hybridized carbons (Fsp3) is 0.312. The van der Waals surface area contributed by atoms with Gasteiger partial charge in [-0.05, 0) is 35.7 Å². The zero-order valence-corrected chi connectivity index (χ0v) is 11.6. The van der Waals surface area contributed by atoms with Crippen LogP contribution in [0, 0.1) is 12.7 Å². The van der Waals surface area contributed by atoms with Crippen molar-refractivity contribution in [1.29, 1.82) is 0 Å². The fourth-order valence-corrected chi connectivity index (χ4v) is 1.98. The first-order valence-electron chi connectivity index (χ1n) is 6.50. The number of hydrogen-bond acceptors (Lipinski definition) is 2. The summed E-state index contributed by atoms with van der Waals surface area (Å²) in [6, 6.07) is 7.65. The molecule has 1 aromatic heterocycles. The van der Waals surface area contributed by atoms with Crippen molar-refractivity contribution in [3.63, 3.8) is 0 Å². The molecule has 1 heterocycles. The summed E-state index contributed by atoms with van der Waals surface area (Å²) in [6.07, 6.45) is 3.44. The van der Waals surface area contributed by atoms with Crippen LogP contribution in [0.4, 0.5) is 4.39 Å². The summed E-state index contributed by atoms with van der Waals surface area (Å²) < 4.78 is 14.2. The maximum Gasteiger partial charge on any atom is 0.131 e. The Bertz CT molecular complexity index is 564. The van der Waals surface area contributed by atoms with Gasteiger partial charge in [0, 0.05) is 30.5 Å². The molecule has 0 unspecified atom stereocenters. The van der Waals surface area contributed by atoms with Gasteiger partial charge in [0.2, 0.25) is 0 Å². The molecule has 0 saturated carbocycles. The molecule has 0 spiro atoms. The number of aryl methyl sites for hydroxylation is 1. The van der Waals surface area contributed by atoms with Crippen LogP contribution in [0.3, 0.4) is 0 Å². The van der Waals surface area contributed by atoms with Crippen LogP contribution in [-0.4, -0.2) is 11.0 Å². The Hall–Kier alpha value is -1.74. The largest absolute Gasteiger partial charge is 0.310 e. The van der Waals surface area contributed by atoms with Crippen molar-refractivity contribution in [2.24, 2.45) is 0 Å². The van der Waals surface area contributed by atoms with Crippen molar-refractivity contribution < 1.29 is 4.39 Å². The number of aromatic nitrogens is 1. The molecule has 0 amide bonds. The van der Waals surface area contributed by atoms with Gasteiger partial charge >= 0.3 is 0 Å². The second-order valence-electron chi connectivity index (χ2n) is 5.04. The van der Waals surface area contributed by atoms with Crippen LogP contribution in [0.5, 0.6) is 0 Å². The predicted molar refractivity (Wildman–Crippen MR) is 76.3 cm³/mol. The molecule has 2 rings (SSSR count). The third kappa shape index (κ3) is 3.38. The minimum absolute atomic E-state index is 0.183. The monoisotopic (exact) mass is 258 g/mol. The Labute approximate surface area is 113 Å². The molecule has 0 atom stereocenters.